The normalized spacial score (nSPS) is 12.9. The average Bonchev–Trinajstić information content (AvgIpc) is 0.690. The minimum Gasteiger partial charge on any atom is -0.460 e. The van der Waals surface area contributed by atoms with E-state index in [9.17, 15) is 9.59 Å². The van der Waals surface area contributed by atoms with Gasteiger partial charge in [0.25, 0.3) is 23.6 Å². The maximum atomic E-state index is 15.4. The van der Waals surface area contributed by atoms with Gasteiger partial charge in [-0.05, 0) is 139 Å². The summed E-state index contributed by atoms with van der Waals surface area (Å²) in [5.41, 5.74) is 6.74. The van der Waals surface area contributed by atoms with Crippen LogP contribution in [-0.4, -0.2) is 71.7 Å². The minimum absolute atomic E-state index is 0.0913. The number of carbonyl (C=O) groups excluding carboxylic acids is 6. The third-order valence-corrected chi connectivity index (χ3v) is 15.7. The van der Waals surface area contributed by atoms with E-state index in [0.29, 0.717) is 66.4 Å². The highest BCUT2D eigenvalue weighted by Crippen LogP contribution is 2.58. The molecule has 86 heavy (non-hydrogen) atoms. The van der Waals surface area contributed by atoms with Crippen LogP contribution in [0, 0.1) is 41.5 Å². The first-order valence-electron chi connectivity index (χ1n) is 28.1. The van der Waals surface area contributed by atoms with Crippen molar-refractivity contribution in [3.8, 4) is 46.0 Å². The second kappa shape index (κ2) is 21.7. The number of esters is 2. The van der Waals surface area contributed by atoms with Gasteiger partial charge in [0, 0.05) is 43.1 Å². The van der Waals surface area contributed by atoms with Crippen LogP contribution in [-0.2, 0) is 9.47 Å². The van der Waals surface area contributed by atoms with Gasteiger partial charge in [0.05, 0.1) is 46.5 Å². The molecule has 13 rings (SSSR count). The van der Waals surface area contributed by atoms with Crippen molar-refractivity contribution in [1.29, 1.82) is 0 Å². The van der Waals surface area contributed by atoms with E-state index in [4.69, 9.17) is 28.4 Å². The summed E-state index contributed by atoms with van der Waals surface area (Å²) in [7, 11) is 0. The quantitative estimate of drug-likeness (QED) is 0.0390. The number of imide groups is 2. The zero-order chi connectivity index (χ0) is 59.7. The number of amides is 4. The Morgan fingerprint density at radius 2 is 0.523 bits per heavy atom. The predicted octanol–water partition coefficient (Wildman–Crippen LogP) is 15.7. The number of nitrogens with zero attached hydrogens (tertiary/aromatic N) is 2. The van der Waals surface area contributed by atoms with Crippen LogP contribution in [0.1, 0.15) is 95.5 Å². The van der Waals surface area contributed by atoms with Crippen molar-refractivity contribution in [2.24, 2.45) is 0 Å². The molecule has 424 valence electrons. The number of rotatable bonds is 16. The minimum atomic E-state index is -0.684. The highest BCUT2D eigenvalue weighted by atomic mass is 16.5. The van der Waals surface area contributed by atoms with Gasteiger partial charge < -0.3 is 28.4 Å². The molecule has 0 saturated heterocycles. The van der Waals surface area contributed by atoms with Gasteiger partial charge in [0.1, 0.15) is 59.2 Å². The maximum Gasteiger partial charge on any atom is 0.338 e. The Morgan fingerprint density at radius 1 is 0.302 bits per heavy atom. The molecule has 4 amide bonds. The summed E-state index contributed by atoms with van der Waals surface area (Å²) in [6.45, 7) is 10.4. The molecule has 11 aromatic carbocycles. The lowest BCUT2D eigenvalue weighted by molar-refractivity contribution is 0.0405. The lowest BCUT2D eigenvalue weighted by Gasteiger charge is -2.32. The summed E-state index contributed by atoms with van der Waals surface area (Å²) in [6, 6.07) is 49.7. The highest BCUT2D eigenvalue weighted by Gasteiger charge is 2.42. The largest absolute Gasteiger partial charge is 0.460 e. The molecule has 0 fully saturated rings. The number of hydrogen-bond donors (Lipinski definition) is 0. The smallest absolute Gasteiger partial charge is 0.338 e. The zero-order valence-electron chi connectivity index (χ0n) is 47.8. The van der Waals surface area contributed by atoms with Crippen molar-refractivity contribution < 1.29 is 57.2 Å². The molecule has 0 spiro atoms. The van der Waals surface area contributed by atoms with E-state index in [1.165, 1.54) is 0 Å². The highest BCUT2D eigenvalue weighted by molar-refractivity contribution is 6.44. The van der Waals surface area contributed by atoms with E-state index < -0.39 is 35.6 Å². The Balaban J connectivity index is 1.11. The van der Waals surface area contributed by atoms with Crippen LogP contribution in [0.25, 0.3) is 43.1 Å². The van der Waals surface area contributed by atoms with Gasteiger partial charge in [-0.1, -0.05) is 106 Å². The molecular weight excluding hydrogens is 1080 g/mol. The maximum absolute atomic E-state index is 15.4. The first-order chi connectivity index (χ1) is 41.6. The van der Waals surface area contributed by atoms with Gasteiger partial charge in [-0.2, -0.15) is 0 Å². The van der Waals surface area contributed by atoms with Crippen LogP contribution < -0.4 is 18.9 Å². The standard InChI is InChI=1S/C72H54N2O12/c1-39-7-19-45(20-8-39)71(79)81-33-31-73-67(75)51-35-55(83-47-23-11-41(3)12-24-47)61-63-57(85-49-27-15-43(5)16-28-49)37-53-60-54(70(78)74(69(53)77)32-34-82-72(80)46-21-9-40(2)10-22-46)38-58(86-50-29-17-44(6)18-30-50)64(66(60)63)62-56(84-48-25-13-42(4)14-26-48)36-52(68(73)76)59(51)65(61)62/h7-30,35-38H,31-34H2,1-6H3. The summed E-state index contributed by atoms with van der Waals surface area (Å²) < 4.78 is 39.6. The molecule has 0 unspecified atom stereocenters. The Kier molecular flexibility index (Phi) is 13.7. The van der Waals surface area contributed by atoms with Crippen molar-refractivity contribution in [1.82, 2.24) is 9.80 Å². The van der Waals surface area contributed by atoms with Crippen molar-refractivity contribution in [3.63, 3.8) is 0 Å². The van der Waals surface area contributed by atoms with Crippen molar-refractivity contribution in [2.75, 3.05) is 26.3 Å². The van der Waals surface area contributed by atoms with Gasteiger partial charge >= 0.3 is 11.9 Å². The van der Waals surface area contributed by atoms with Gasteiger partial charge in [-0.3, -0.25) is 29.0 Å². The van der Waals surface area contributed by atoms with E-state index in [2.05, 4.69) is 0 Å². The average molecular weight is 1140 g/mol. The number of benzene rings is 11. The van der Waals surface area contributed by atoms with Crippen LogP contribution in [0.2, 0.25) is 0 Å². The summed E-state index contributed by atoms with van der Waals surface area (Å²) in [5.74, 6) is -1.79. The van der Waals surface area contributed by atoms with Crippen LogP contribution in [0.15, 0.2) is 170 Å². The van der Waals surface area contributed by atoms with E-state index in [1.807, 2.05) is 90.1 Å². The molecule has 2 aliphatic rings. The van der Waals surface area contributed by atoms with E-state index >= 15 is 19.2 Å². The molecule has 14 heteroatoms. The van der Waals surface area contributed by atoms with Crippen molar-refractivity contribution >= 4 is 78.7 Å². The Bertz CT molecular complexity index is 4090. The lowest BCUT2D eigenvalue weighted by atomic mass is 9.80. The molecule has 0 radical (unpaired) electrons. The molecule has 0 bridgehead atoms. The number of fused-ring (bicyclic) bond motifs is 2. The van der Waals surface area contributed by atoms with Crippen LogP contribution in [0.4, 0.5) is 0 Å². The van der Waals surface area contributed by atoms with E-state index in [1.54, 1.807) is 121 Å². The first kappa shape index (κ1) is 54.4. The van der Waals surface area contributed by atoms with Crippen LogP contribution in [0.3, 0.4) is 0 Å². The molecule has 0 N–H and O–H groups in total. The molecule has 0 saturated carbocycles. The molecule has 14 nitrogen and oxygen atoms in total. The summed E-state index contributed by atoms with van der Waals surface area (Å²) in [5, 5.41) is 2.60. The first-order valence-corrected chi connectivity index (χ1v) is 28.1. The van der Waals surface area contributed by atoms with Gasteiger partial charge in [-0.15, -0.1) is 0 Å². The fourth-order valence-corrected chi connectivity index (χ4v) is 11.3. The molecule has 0 aliphatic carbocycles. The predicted molar refractivity (Wildman–Crippen MR) is 326 cm³/mol. The fraction of sp³-hybridized carbons (Fsp3) is 0.139. The summed E-state index contributed by atoms with van der Waals surface area (Å²) >= 11 is 0. The zero-order valence-corrected chi connectivity index (χ0v) is 47.8. The van der Waals surface area contributed by atoms with E-state index in [-0.39, 0.29) is 82.3 Å². The SMILES string of the molecule is Cc1ccc(Oc2cc3c4c(cc(Oc5ccc(C)cc5)c5c6c(Oc7ccc(C)cc7)cc7c8c(cc(Oc9ccc(C)cc9)c(c2c45)c86)C(=O)N(CCOC(=O)c2ccc(C)cc2)C7=O)C(=O)N(CCOC(=O)c2ccc(C)cc2)C3=O)cc1. The Labute approximate surface area is 493 Å². The lowest BCUT2D eigenvalue weighted by Crippen LogP contribution is -2.42. The number of carbonyl (C=O) groups is 6. The molecule has 2 aliphatic heterocycles. The second-order valence-corrected chi connectivity index (χ2v) is 21.9. The fourth-order valence-electron chi connectivity index (χ4n) is 11.3. The summed E-state index contributed by atoms with van der Waals surface area (Å²) in [4.78, 5) is 90.5. The third-order valence-electron chi connectivity index (χ3n) is 15.7. The summed E-state index contributed by atoms with van der Waals surface area (Å²) in [6.07, 6.45) is 0. The van der Waals surface area contributed by atoms with Gasteiger partial charge in [0.15, 0.2) is 0 Å². The number of ether oxygens (including phenoxy) is 6. The molecule has 11 aromatic rings. The van der Waals surface area contributed by atoms with Crippen LogP contribution >= 0.6 is 0 Å². The second-order valence-electron chi connectivity index (χ2n) is 21.9. The Hall–Kier alpha value is -10.9. The van der Waals surface area contributed by atoms with Gasteiger partial charge in [-0.25, -0.2) is 9.59 Å². The number of hydrogen-bond acceptors (Lipinski definition) is 12. The third kappa shape index (κ3) is 9.79. The van der Waals surface area contributed by atoms with Crippen LogP contribution in [0.5, 0.6) is 46.0 Å². The van der Waals surface area contributed by atoms with E-state index in [0.717, 1.165) is 43.2 Å². The molecule has 2 heterocycles. The van der Waals surface area contributed by atoms with Crippen molar-refractivity contribution in [3.05, 3.63) is 237 Å². The molecule has 0 atom stereocenters. The molecular formula is C72H54N2O12. The topological polar surface area (TPSA) is 164 Å². The van der Waals surface area contributed by atoms with Crippen molar-refractivity contribution in [2.45, 2.75) is 41.5 Å². The Morgan fingerprint density at radius 3 is 0.756 bits per heavy atom. The number of aryl methyl sites for hydroxylation is 6. The monoisotopic (exact) mass is 1140 g/mol. The van der Waals surface area contributed by atoms with Gasteiger partial charge in [0.2, 0.25) is 0 Å². The molecule has 0 aromatic heterocycles.